The number of anilines is 1. The highest BCUT2D eigenvalue weighted by molar-refractivity contribution is 5.47. The van der Waals surface area contributed by atoms with E-state index < -0.39 is 11.7 Å². The van der Waals surface area contributed by atoms with Crippen molar-refractivity contribution >= 4 is 5.69 Å². The van der Waals surface area contributed by atoms with Crippen molar-refractivity contribution in [2.45, 2.75) is 25.6 Å². The fraction of sp³-hybridized carbons (Fsp3) is 0.556. The average molecular weight is 320 g/mol. The zero-order valence-electron chi connectivity index (χ0n) is 13.8. The third-order valence-corrected chi connectivity index (χ3v) is 4.02. The van der Waals surface area contributed by atoms with E-state index in [-0.39, 0.29) is 12.4 Å². The molecule has 1 fully saturated rings. The summed E-state index contributed by atoms with van der Waals surface area (Å²) in [4.78, 5) is 4.20. The third-order valence-electron chi connectivity index (χ3n) is 4.02. The largest absolute Gasteiger partial charge is 0.389 e. The molecule has 23 heavy (non-hydrogen) atoms. The van der Waals surface area contributed by atoms with Crippen LogP contribution in [0.15, 0.2) is 24.3 Å². The highest BCUT2D eigenvalue weighted by atomic mass is 19.1. The summed E-state index contributed by atoms with van der Waals surface area (Å²) < 4.78 is 19.3. The van der Waals surface area contributed by atoms with Crippen molar-refractivity contribution < 1.29 is 14.2 Å². The zero-order chi connectivity index (χ0) is 16.9. The second-order valence-corrected chi connectivity index (χ2v) is 6.36. The molecule has 0 aliphatic carbocycles. The summed E-state index contributed by atoms with van der Waals surface area (Å²) in [6, 6.07) is 6.83. The molecule has 1 aliphatic rings. The maximum Gasteiger partial charge on any atom is 0.146 e. The summed E-state index contributed by atoms with van der Waals surface area (Å²) in [6.07, 6.45) is 4.78. The lowest BCUT2D eigenvalue weighted by molar-refractivity contribution is -0.0376. The Morgan fingerprint density at radius 2 is 1.96 bits per heavy atom. The number of rotatable bonds is 6. The number of hydrogen-bond donors (Lipinski definition) is 1. The van der Waals surface area contributed by atoms with E-state index in [1.807, 2.05) is 11.0 Å². The molecule has 4 nitrogen and oxygen atoms in total. The fourth-order valence-electron chi connectivity index (χ4n) is 2.58. The molecule has 0 aromatic heterocycles. The second-order valence-electron chi connectivity index (χ2n) is 6.36. The number of benzene rings is 1. The van der Waals surface area contributed by atoms with Crippen LogP contribution in [0.4, 0.5) is 10.1 Å². The third kappa shape index (κ3) is 5.21. The number of terminal acetylenes is 1. The van der Waals surface area contributed by atoms with Crippen molar-refractivity contribution in [2.75, 3.05) is 44.2 Å². The summed E-state index contributed by atoms with van der Waals surface area (Å²) >= 11 is 0. The molecule has 1 aromatic carbocycles. The maximum atomic E-state index is 13.8. The van der Waals surface area contributed by atoms with Gasteiger partial charge in [-0.3, -0.25) is 4.90 Å². The fourth-order valence-corrected chi connectivity index (χ4v) is 2.58. The van der Waals surface area contributed by atoms with Crippen molar-refractivity contribution in [1.82, 2.24) is 4.90 Å². The summed E-state index contributed by atoms with van der Waals surface area (Å²) in [5.41, 5.74) is -0.0170. The molecule has 126 valence electrons. The Hall–Kier alpha value is -1.61. The lowest BCUT2D eigenvalue weighted by atomic mass is 10.1. The van der Waals surface area contributed by atoms with Crippen LogP contribution in [0.5, 0.6) is 0 Å². The number of para-hydroxylation sites is 1. The molecule has 1 aromatic rings. The molecular formula is C18H25FN2O2. The van der Waals surface area contributed by atoms with Gasteiger partial charge in [-0.15, -0.1) is 6.42 Å². The van der Waals surface area contributed by atoms with Crippen molar-refractivity contribution in [3.05, 3.63) is 30.1 Å². The minimum Gasteiger partial charge on any atom is -0.389 e. The molecule has 0 radical (unpaired) electrons. The zero-order valence-corrected chi connectivity index (χ0v) is 13.8. The van der Waals surface area contributed by atoms with Gasteiger partial charge in [-0.25, -0.2) is 4.39 Å². The molecular weight excluding hydrogens is 295 g/mol. The van der Waals surface area contributed by atoms with E-state index in [9.17, 15) is 9.50 Å². The second kappa shape index (κ2) is 7.78. The average Bonchev–Trinajstić information content (AvgIpc) is 2.54. The molecule has 1 aliphatic heterocycles. The van der Waals surface area contributed by atoms with E-state index in [0.717, 1.165) is 26.2 Å². The minimum absolute atomic E-state index is 0.189. The van der Waals surface area contributed by atoms with E-state index >= 15 is 0 Å². The number of piperazine rings is 1. The van der Waals surface area contributed by atoms with Crippen LogP contribution in [-0.4, -0.2) is 61.0 Å². The van der Waals surface area contributed by atoms with Gasteiger partial charge in [0.25, 0.3) is 0 Å². The SMILES string of the molecule is C#CC(C)(C)OC[C@@H](O)CN1CCN(c2ccccc2F)CC1. The Morgan fingerprint density at radius 3 is 2.57 bits per heavy atom. The first kappa shape index (κ1) is 17.7. The molecule has 1 atom stereocenters. The molecule has 5 heteroatoms. The standard InChI is InChI=1S/C18H25FN2O2/c1-4-18(2,3)23-14-15(22)13-20-9-11-21(12-10-20)17-8-6-5-7-16(17)19/h1,5-8,15,22H,9-14H2,2-3H3/t15-/m0/s1. The first-order valence-corrected chi connectivity index (χ1v) is 7.93. The Kier molecular flexibility index (Phi) is 6.00. The number of aliphatic hydroxyl groups is 1. The lowest BCUT2D eigenvalue weighted by Crippen LogP contribution is -2.49. The summed E-state index contributed by atoms with van der Waals surface area (Å²) in [7, 11) is 0. The minimum atomic E-state index is -0.662. The number of β-amino-alcohol motifs (C(OH)–C–C–N with tert-alkyl or cyclic N) is 1. The van der Waals surface area contributed by atoms with E-state index in [0.29, 0.717) is 12.2 Å². The van der Waals surface area contributed by atoms with Crippen LogP contribution in [0.25, 0.3) is 0 Å². The molecule has 2 rings (SSSR count). The van der Waals surface area contributed by atoms with Crippen LogP contribution in [0.1, 0.15) is 13.8 Å². The molecule has 1 heterocycles. The quantitative estimate of drug-likeness (QED) is 0.810. The van der Waals surface area contributed by atoms with Gasteiger partial charge < -0.3 is 14.7 Å². The van der Waals surface area contributed by atoms with Gasteiger partial charge in [-0.1, -0.05) is 18.1 Å². The maximum absolute atomic E-state index is 13.8. The van der Waals surface area contributed by atoms with E-state index in [1.54, 1.807) is 26.0 Å². The van der Waals surface area contributed by atoms with Crippen molar-refractivity contribution in [3.63, 3.8) is 0 Å². The first-order chi connectivity index (χ1) is 10.9. The van der Waals surface area contributed by atoms with E-state index in [2.05, 4.69) is 10.8 Å². The topological polar surface area (TPSA) is 35.9 Å². The molecule has 0 unspecified atom stereocenters. The molecule has 0 saturated carbocycles. The summed E-state index contributed by atoms with van der Waals surface area (Å²) in [5, 5.41) is 10.1. The van der Waals surface area contributed by atoms with Crippen LogP contribution in [-0.2, 0) is 4.74 Å². The van der Waals surface area contributed by atoms with Gasteiger partial charge in [0.2, 0.25) is 0 Å². The summed E-state index contributed by atoms with van der Waals surface area (Å²) in [6.45, 7) is 7.39. The van der Waals surface area contributed by atoms with Crippen LogP contribution in [0.3, 0.4) is 0 Å². The van der Waals surface area contributed by atoms with Crippen LogP contribution in [0, 0.1) is 18.2 Å². The van der Waals surface area contributed by atoms with Gasteiger partial charge in [-0.05, 0) is 26.0 Å². The summed E-state index contributed by atoms with van der Waals surface area (Å²) in [5.74, 6) is 2.35. The van der Waals surface area contributed by atoms with Crippen LogP contribution in [0.2, 0.25) is 0 Å². The monoisotopic (exact) mass is 320 g/mol. The Labute approximate surface area is 137 Å². The molecule has 1 saturated heterocycles. The van der Waals surface area contributed by atoms with Gasteiger partial charge >= 0.3 is 0 Å². The Balaban J connectivity index is 1.77. The lowest BCUT2D eigenvalue weighted by Gasteiger charge is -2.37. The number of nitrogens with zero attached hydrogens (tertiary/aromatic N) is 2. The number of ether oxygens (including phenoxy) is 1. The molecule has 1 N–H and O–H groups in total. The highest BCUT2D eigenvalue weighted by Crippen LogP contribution is 2.20. The van der Waals surface area contributed by atoms with Crippen molar-refractivity contribution in [3.8, 4) is 12.3 Å². The van der Waals surface area contributed by atoms with Crippen LogP contribution >= 0.6 is 0 Å². The van der Waals surface area contributed by atoms with Gasteiger partial charge in [0.1, 0.15) is 11.4 Å². The van der Waals surface area contributed by atoms with Crippen LogP contribution < -0.4 is 4.90 Å². The first-order valence-electron chi connectivity index (χ1n) is 7.93. The predicted octanol–water partition coefficient (Wildman–Crippen LogP) is 1.74. The normalized spacial score (nSPS) is 17.8. The van der Waals surface area contributed by atoms with Crippen molar-refractivity contribution in [1.29, 1.82) is 0 Å². The van der Waals surface area contributed by atoms with E-state index in [4.69, 9.17) is 11.2 Å². The van der Waals surface area contributed by atoms with E-state index in [1.165, 1.54) is 6.07 Å². The van der Waals surface area contributed by atoms with Gasteiger partial charge in [0.15, 0.2) is 0 Å². The number of aliphatic hydroxyl groups excluding tert-OH is 1. The van der Waals surface area contributed by atoms with Gasteiger partial charge in [0.05, 0.1) is 18.4 Å². The predicted molar refractivity (Wildman–Crippen MR) is 89.9 cm³/mol. The number of halogens is 1. The molecule has 0 spiro atoms. The number of hydrogen-bond acceptors (Lipinski definition) is 4. The van der Waals surface area contributed by atoms with Gasteiger partial charge in [-0.2, -0.15) is 0 Å². The molecule has 0 bridgehead atoms. The van der Waals surface area contributed by atoms with Crippen molar-refractivity contribution in [2.24, 2.45) is 0 Å². The smallest absolute Gasteiger partial charge is 0.146 e. The Bertz CT molecular complexity index is 548. The molecule has 0 amide bonds. The van der Waals surface area contributed by atoms with Gasteiger partial charge in [0, 0.05) is 32.7 Å². The Morgan fingerprint density at radius 1 is 1.30 bits per heavy atom. The highest BCUT2D eigenvalue weighted by Gasteiger charge is 2.22.